The molecule has 0 bridgehead atoms. The molecule has 0 aliphatic rings. The predicted molar refractivity (Wildman–Crippen MR) is 91.9 cm³/mol. The molecule has 4 nitrogen and oxygen atoms in total. The minimum absolute atomic E-state index is 0. The summed E-state index contributed by atoms with van der Waals surface area (Å²) < 4.78 is 0. The number of anilines is 1. The van der Waals surface area contributed by atoms with Crippen LogP contribution < -0.4 is 10.6 Å². The Morgan fingerprint density at radius 3 is 2.43 bits per heavy atom. The van der Waals surface area contributed by atoms with Gasteiger partial charge in [0.25, 0.3) is 0 Å². The van der Waals surface area contributed by atoms with Gasteiger partial charge in [0, 0.05) is 33.4 Å². The molecule has 0 saturated heterocycles. The number of rotatable bonds is 6. The Labute approximate surface area is 134 Å². The van der Waals surface area contributed by atoms with Gasteiger partial charge in [-0.25, -0.2) is 0 Å². The minimum atomic E-state index is -0.415. The van der Waals surface area contributed by atoms with Crippen LogP contribution in [0, 0.1) is 5.92 Å². The van der Waals surface area contributed by atoms with E-state index in [2.05, 4.69) is 24.0 Å². The number of amides is 1. The van der Waals surface area contributed by atoms with Crippen molar-refractivity contribution in [3.05, 3.63) is 29.8 Å². The van der Waals surface area contributed by atoms with Gasteiger partial charge in [-0.3, -0.25) is 4.79 Å². The molecule has 21 heavy (non-hydrogen) atoms. The molecule has 0 saturated carbocycles. The second-order valence-electron chi connectivity index (χ2n) is 5.67. The predicted octanol–water partition coefficient (Wildman–Crippen LogP) is 2.51. The van der Waals surface area contributed by atoms with Crippen molar-refractivity contribution < 1.29 is 4.79 Å². The van der Waals surface area contributed by atoms with Gasteiger partial charge in [0.2, 0.25) is 5.91 Å². The maximum absolute atomic E-state index is 12.3. The third-order valence-corrected chi connectivity index (χ3v) is 3.77. The highest BCUT2D eigenvalue weighted by atomic mass is 35.5. The molecule has 0 aliphatic heterocycles. The summed E-state index contributed by atoms with van der Waals surface area (Å²) >= 11 is 0. The minimum Gasteiger partial charge on any atom is -0.378 e. The van der Waals surface area contributed by atoms with Crippen LogP contribution in [0.25, 0.3) is 0 Å². The summed E-state index contributed by atoms with van der Waals surface area (Å²) in [7, 11) is 5.83. The first-order chi connectivity index (χ1) is 9.36. The van der Waals surface area contributed by atoms with Crippen LogP contribution in [0.1, 0.15) is 25.8 Å². The molecule has 2 N–H and O–H groups in total. The number of carbonyl (C=O) groups is 1. The van der Waals surface area contributed by atoms with Crippen molar-refractivity contribution in [3.63, 3.8) is 0 Å². The lowest BCUT2D eigenvalue weighted by Crippen LogP contribution is -2.45. The quantitative estimate of drug-likeness (QED) is 0.878. The van der Waals surface area contributed by atoms with Gasteiger partial charge in [0.1, 0.15) is 0 Å². The van der Waals surface area contributed by atoms with Gasteiger partial charge < -0.3 is 15.5 Å². The molecule has 0 aromatic heterocycles. The number of halogens is 1. The lowest BCUT2D eigenvalue weighted by molar-refractivity contribution is -0.132. The van der Waals surface area contributed by atoms with Crippen molar-refractivity contribution in [1.29, 1.82) is 0 Å². The number of nitrogens with two attached hydrogens (primary N) is 1. The standard InChI is InChI=1S/C16H27N3O.ClH/c1-6-12(2)15(17)16(20)19(5)11-13-8-7-9-14(10-13)18(3)4;/h7-10,12,15H,6,11,17H2,1-5H3;1H. The van der Waals surface area contributed by atoms with E-state index in [4.69, 9.17) is 5.73 Å². The SMILES string of the molecule is CCC(C)C(N)C(=O)N(C)Cc1cccc(N(C)C)c1.Cl. The highest BCUT2D eigenvalue weighted by molar-refractivity contribution is 5.85. The van der Waals surface area contributed by atoms with Crippen molar-refractivity contribution in [2.75, 3.05) is 26.0 Å². The zero-order valence-corrected chi connectivity index (χ0v) is 14.5. The average Bonchev–Trinajstić information content (AvgIpc) is 2.44. The molecule has 1 amide bonds. The molecule has 1 aromatic rings. The molecule has 0 fully saturated rings. The zero-order valence-electron chi connectivity index (χ0n) is 13.7. The topological polar surface area (TPSA) is 49.6 Å². The molecule has 2 atom stereocenters. The number of benzene rings is 1. The Morgan fingerprint density at radius 2 is 1.90 bits per heavy atom. The molecule has 5 heteroatoms. The van der Waals surface area contributed by atoms with Crippen LogP contribution >= 0.6 is 12.4 Å². The maximum atomic E-state index is 12.3. The van der Waals surface area contributed by atoms with E-state index >= 15 is 0 Å². The van der Waals surface area contributed by atoms with E-state index in [-0.39, 0.29) is 24.2 Å². The van der Waals surface area contributed by atoms with Crippen molar-refractivity contribution in [2.45, 2.75) is 32.9 Å². The monoisotopic (exact) mass is 313 g/mol. The Bertz CT molecular complexity index is 451. The first-order valence-electron chi connectivity index (χ1n) is 7.13. The molecular formula is C16H28ClN3O. The van der Waals surface area contributed by atoms with Gasteiger partial charge in [-0.05, 0) is 23.6 Å². The summed E-state index contributed by atoms with van der Waals surface area (Å²) in [5.41, 5.74) is 8.25. The first-order valence-corrected chi connectivity index (χ1v) is 7.13. The fourth-order valence-corrected chi connectivity index (χ4v) is 2.04. The third kappa shape index (κ3) is 5.56. The van der Waals surface area contributed by atoms with E-state index in [1.54, 1.807) is 4.90 Å². The van der Waals surface area contributed by atoms with Crippen LogP contribution in [-0.2, 0) is 11.3 Å². The lowest BCUT2D eigenvalue weighted by atomic mass is 9.99. The van der Waals surface area contributed by atoms with Gasteiger partial charge in [0.05, 0.1) is 6.04 Å². The van der Waals surface area contributed by atoms with Crippen molar-refractivity contribution >= 4 is 24.0 Å². The molecule has 0 aliphatic carbocycles. The Balaban J connectivity index is 0.00000400. The first kappa shape index (κ1) is 19.7. The summed E-state index contributed by atoms with van der Waals surface area (Å²) in [5, 5.41) is 0. The van der Waals surface area contributed by atoms with Gasteiger partial charge in [-0.15, -0.1) is 12.4 Å². The molecule has 0 spiro atoms. The Morgan fingerprint density at radius 1 is 1.29 bits per heavy atom. The Kier molecular flexibility index (Phi) is 8.37. The fraction of sp³-hybridized carbons (Fsp3) is 0.562. The van der Waals surface area contributed by atoms with E-state index in [9.17, 15) is 4.79 Å². The van der Waals surface area contributed by atoms with Crippen molar-refractivity contribution in [2.24, 2.45) is 11.7 Å². The van der Waals surface area contributed by atoms with Gasteiger partial charge in [0.15, 0.2) is 0 Å². The van der Waals surface area contributed by atoms with Crippen LogP contribution in [0.4, 0.5) is 5.69 Å². The average molecular weight is 314 g/mol. The maximum Gasteiger partial charge on any atom is 0.239 e. The second kappa shape index (κ2) is 8.90. The van der Waals surface area contributed by atoms with Gasteiger partial charge in [-0.2, -0.15) is 0 Å². The van der Waals surface area contributed by atoms with Crippen LogP contribution in [-0.4, -0.2) is 38.0 Å². The number of hydrogen-bond donors (Lipinski definition) is 1. The molecular weight excluding hydrogens is 286 g/mol. The van der Waals surface area contributed by atoms with E-state index in [0.29, 0.717) is 6.54 Å². The number of likely N-dealkylation sites (N-methyl/N-ethyl adjacent to an activating group) is 1. The number of carbonyl (C=O) groups excluding carboxylic acids is 1. The third-order valence-electron chi connectivity index (χ3n) is 3.77. The van der Waals surface area contributed by atoms with Crippen LogP contribution in [0.15, 0.2) is 24.3 Å². The highest BCUT2D eigenvalue weighted by Crippen LogP contribution is 2.15. The normalized spacial score (nSPS) is 13.0. The van der Waals surface area contributed by atoms with E-state index in [1.165, 1.54) is 0 Å². The summed E-state index contributed by atoms with van der Waals surface area (Å²) in [6.07, 6.45) is 0.914. The number of hydrogen-bond acceptors (Lipinski definition) is 3. The lowest BCUT2D eigenvalue weighted by Gasteiger charge is -2.25. The molecule has 0 radical (unpaired) electrons. The fourth-order valence-electron chi connectivity index (χ4n) is 2.04. The summed E-state index contributed by atoms with van der Waals surface area (Å²) in [6, 6.07) is 7.78. The molecule has 1 rings (SSSR count). The highest BCUT2D eigenvalue weighted by Gasteiger charge is 2.22. The second-order valence-corrected chi connectivity index (χ2v) is 5.67. The Hall–Kier alpha value is -1.26. The molecule has 2 unspecified atom stereocenters. The van der Waals surface area contributed by atoms with Gasteiger partial charge in [-0.1, -0.05) is 32.4 Å². The molecule has 0 heterocycles. The molecule has 1 aromatic carbocycles. The van der Waals surface area contributed by atoms with E-state index < -0.39 is 6.04 Å². The van der Waals surface area contributed by atoms with Crippen LogP contribution in [0.3, 0.4) is 0 Å². The smallest absolute Gasteiger partial charge is 0.239 e. The summed E-state index contributed by atoms with van der Waals surface area (Å²) in [4.78, 5) is 16.0. The summed E-state index contributed by atoms with van der Waals surface area (Å²) in [5.74, 6) is 0.215. The number of nitrogens with zero attached hydrogens (tertiary/aromatic N) is 2. The van der Waals surface area contributed by atoms with E-state index in [1.807, 2.05) is 40.2 Å². The van der Waals surface area contributed by atoms with Gasteiger partial charge >= 0.3 is 0 Å². The molecule has 120 valence electrons. The van der Waals surface area contributed by atoms with Crippen molar-refractivity contribution in [1.82, 2.24) is 4.90 Å². The largest absolute Gasteiger partial charge is 0.378 e. The summed E-state index contributed by atoms with van der Waals surface area (Å²) in [6.45, 7) is 4.66. The van der Waals surface area contributed by atoms with Crippen LogP contribution in [0.5, 0.6) is 0 Å². The van der Waals surface area contributed by atoms with Crippen LogP contribution in [0.2, 0.25) is 0 Å². The van der Waals surface area contributed by atoms with E-state index in [0.717, 1.165) is 17.7 Å². The van der Waals surface area contributed by atoms with Crippen molar-refractivity contribution in [3.8, 4) is 0 Å². The zero-order chi connectivity index (χ0) is 15.3.